The molecule has 1 N–H and O–H groups in total. The molecule has 1 aliphatic rings. The zero-order valence-corrected chi connectivity index (χ0v) is 9.69. The van der Waals surface area contributed by atoms with Crippen molar-refractivity contribution in [2.45, 2.75) is 6.92 Å². The Morgan fingerprint density at radius 3 is 2.53 bits per heavy atom. The van der Waals surface area contributed by atoms with Gasteiger partial charge >= 0.3 is 0 Å². The van der Waals surface area contributed by atoms with Gasteiger partial charge in [0.1, 0.15) is 5.41 Å². The largest absolute Gasteiger partial charge is 0.383 e. The molecule has 0 unspecified atom stereocenters. The zero-order valence-electron chi connectivity index (χ0n) is 9.69. The van der Waals surface area contributed by atoms with Crippen molar-refractivity contribution in [1.82, 2.24) is 0 Å². The molecule has 1 fully saturated rings. The van der Waals surface area contributed by atoms with Crippen LogP contribution >= 0.6 is 0 Å². The SMILES string of the molecule is CC(=O)c1ccc(NCC2(C#N)COC2)cc1. The number of nitrogens with one attached hydrogen (secondary N) is 1. The monoisotopic (exact) mass is 230 g/mol. The molecule has 4 heteroatoms. The van der Waals surface area contributed by atoms with Gasteiger partial charge in [0.15, 0.2) is 5.78 Å². The number of anilines is 1. The quantitative estimate of drug-likeness (QED) is 0.802. The number of carbonyl (C=O) groups is 1. The number of ketones is 1. The zero-order chi connectivity index (χ0) is 12.3. The summed E-state index contributed by atoms with van der Waals surface area (Å²) in [4.78, 5) is 11.1. The molecule has 1 heterocycles. The van der Waals surface area contributed by atoms with Crippen molar-refractivity contribution in [3.05, 3.63) is 29.8 Å². The number of ether oxygens (including phenoxy) is 1. The summed E-state index contributed by atoms with van der Waals surface area (Å²) in [6.07, 6.45) is 0. The Morgan fingerprint density at radius 2 is 2.12 bits per heavy atom. The second-order valence-corrected chi connectivity index (χ2v) is 4.37. The number of nitriles is 1. The van der Waals surface area contributed by atoms with E-state index in [1.54, 1.807) is 19.1 Å². The smallest absolute Gasteiger partial charge is 0.159 e. The Morgan fingerprint density at radius 1 is 1.47 bits per heavy atom. The summed E-state index contributed by atoms with van der Waals surface area (Å²) in [5.74, 6) is 0.0532. The summed E-state index contributed by atoms with van der Waals surface area (Å²) >= 11 is 0. The van der Waals surface area contributed by atoms with Crippen molar-refractivity contribution >= 4 is 11.5 Å². The van der Waals surface area contributed by atoms with Gasteiger partial charge in [-0.15, -0.1) is 0 Å². The topological polar surface area (TPSA) is 62.1 Å². The maximum Gasteiger partial charge on any atom is 0.159 e. The molecule has 1 aromatic carbocycles. The van der Waals surface area contributed by atoms with Crippen LogP contribution in [0.3, 0.4) is 0 Å². The first-order valence-corrected chi connectivity index (χ1v) is 5.49. The third-order valence-electron chi connectivity index (χ3n) is 2.92. The number of Topliss-reactive ketones (excluding diaryl/α,β-unsaturated/α-hetero) is 1. The minimum absolute atomic E-state index is 0.0532. The van der Waals surface area contributed by atoms with Gasteiger partial charge in [-0.2, -0.15) is 5.26 Å². The second kappa shape index (κ2) is 4.56. The van der Waals surface area contributed by atoms with Crippen LogP contribution in [-0.2, 0) is 4.74 Å². The first-order chi connectivity index (χ1) is 8.15. The van der Waals surface area contributed by atoms with E-state index in [1.165, 1.54) is 0 Å². The van der Waals surface area contributed by atoms with Gasteiger partial charge < -0.3 is 10.1 Å². The summed E-state index contributed by atoms with van der Waals surface area (Å²) in [6, 6.07) is 9.53. The fourth-order valence-electron chi connectivity index (χ4n) is 1.65. The van der Waals surface area contributed by atoms with Crippen LogP contribution in [0.25, 0.3) is 0 Å². The van der Waals surface area contributed by atoms with E-state index in [4.69, 9.17) is 10.00 Å². The van der Waals surface area contributed by atoms with Crippen molar-refractivity contribution < 1.29 is 9.53 Å². The Kier molecular flexibility index (Phi) is 3.12. The molecule has 0 saturated carbocycles. The van der Waals surface area contributed by atoms with Crippen LogP contribution in [0.5, 0.6) is 0 Å². The van der Waals surface area contributed by atoms with Gasteiger partial charge in [-0.3, -0.25) is 4.79 Å². The molecule has 0 aliphatic carbocycles. The first kappa shape index (κ1) is 11.6. The number of benzene rings is 1. The second-order valence-electron chi connectivity index (χ2n) is 4.37. The van der Waals surface area contributed by atoms with E-state index in [0.717, 1.165) is 5.69 Å². The van der Waals surface area contributed by atoms with E-state index in [9.17, 15) is 4.79 Å². The van der Waals surface area contributed by atoms with Crippen LogP contribution in [0.4, 0.5) is 5.69 Å². The lowest BCUT2D eigenvalue weighted by Crippen LogP contribution is -2.46. The fraction of sp³-hybridized carbons (Fsp3) is 0.385. The van der Waals surface area contributed by atoms with Crippen molar-refractivity contribution in [2.75, 3.05) is 25.1 Å². The molecular formula is C13H14N2O2. The van der Waals surface area contributed by atoms with E-state index < -0.39 is 0 Å². The molecule has 1 aliphatic heterocycles. The molecule has 17 heavy (non-hydrogen) atoms. The van der Waals surface area contributed by atoms with E-state index in [0.29, 0.717) is 25.3 Å². The van der Waals surface area contributed by atoms with Gasteiger partial charge in [0.25, 0.3) is 0 Å². The van der Waals surface area contributed by atoms with Gasteiger partial charge in [0.05, 0.1) is 19.3 Å². The molecule has 0 atom stereocenters. The average molecular weight is 230 g/mol. The molecule has 1 aromatic rings. The standard InChI is InChI=1S/C13H14N2O2/c1-10(16)11-2-4-12(5-3-11)15-7-13(6-14)8-17-9-13/h2-5,15H,7-9H2,1H3. The van der Waals surface area contributed by atoms with Gasteiger partial charge in [-0.05, 0) is 31.2 Å². The number of hydrogen-bond acceptors (Lipinski definition) is 4. The van der Waals surface area contributed by atoms with E-state index in [1.807, 2.05) is 12.1 Å². The summed E-state index contributed by atoms with van der Waals surface area (Å²) < 4.78 is 5.06. The summed E-state index contributed by atoms with van der Waals surface area (Å²) in [5, 5.41) is 12.2. The number of nitrogens with zero attached hydrogens (tertiary/aromatic N) is 1. The maximum atomic E-state index is 11.1. The van der Waals surface area contributed by atoms with E-state index in [2.05, 4.69) is 11.4 Å². The lowest BCUT2D eigenvalue weighted by Gasteiger charge is -2.35. The normalized spacial score (nSPS) is 16.7. The highest BCUT2D eigenvalue weighted by molar-refractivity contribution is 5.94. The third-order valence-corrected chi connectivity index (χ3v) is 2.92. The molecule has 0 radical (unpaired) electrons. The Hall–Kier alpha value is -1.86. The Bertz CT molecular complexity index is 455. The van der Waals surface area contributed by atoms with Gasteiger partial charge in [-0.25, -0.2) is 0 Å². The van der Waals surface area contributed by atoms with Crippen LogP contribution in [0.15, 0.2) is 24.3 Å². The third kappa shape index (κ3) is 2.45. The van der Waals surface area contributed by atoms with Crippen molar-refractivity contribution in [2.24, 2.45) is 5.41 Å². The van der Waals surface area contributed by atoms with Crippen molar-refractivity contribution in [3.8, 4) is 6.07 Å². The Balaban J connectivity index is 1.96. The Labute approximate surface area is 100 Å². The molecule has 88 valence electrons. The maximum absolute atomic E-state index is 11.1. The number of rotatable bonds is 4. The molecule has 0 bridgehead atoms. The fourth-order valence-corrected chi connectivity index (χ4v) is 1.65. The molecule has 0 aromatic heterocycles. The highest BCUT2D eigenvalue weighted by Gasteiger charge is 2.38. The number of carbonyl (C=O) groups excluding carboxylic acids is 1. The van der Waals surface area contributed by atoms with Crippen LogP contribution in [0.1, 0.15) is 17.3 Å². The van der Waals surface area contributed by atoms with Gasteiger partial charge in [0, 0.05) is 17.8 Å². The first-order valence-electron chi connectivity index (χ1n) is 5.49. The van der Waals surface area contributed by atoms with Crippen molar-refractivity contribution in [1.29, 1.82) is 5.26 Å². The summed E-state index contributed by atoms with van der Waals surface area (Å²) in [5.41, 5.74) is 1.22. The predicted molar refractivity (Wildman–Crippen MR) is 63.8 cm³/mol. The lowest BCUT2D eigenvalue weighted by atomic mass is 9.88. The lowest BCUT2D eigenvalue weighted by molar-refractivity contribution is -0.0690. The summed E-state index contributed by atoms with van der Waals surface area (Å²) in [6.45, 7) is 3.09. The highest BCUT2D eigenvalue weighted by atomic mass is 16.5. The molecular weight excluding hydrogens is 216 g/mol. The highest BCUT2D eigenvalue weighted by Crippen LogP contribution is 2.26. The molecule has 1 saturated heterocycles. The molecule has 4 nitrogen and oxygen atoms in total. The minimum atomic E-state index is -0.390. The van der Waals surface area contributed by atoms with Gasteiger partial charge in [-0.1, -0.05) is 0 Å². The van der Waals surface area contributed by atoms with Crippen LogP contribution in [0.2, 0.25) is 0 Å². The summed E-state index contributed by atoms with van der Waals surface area (Å²) in [7, 11) is 0. The predicted octanol–water partition coefficient (Wildman–Crippen LogP) is 1.84. The number of hydrogen-bond donors (Lipinski definition) is 1. The molecule has 2 rings (SSSR count). The van der Waals surface area contributed by atoms with Crippen LogP contribution in [-0.4, -0.2) is 25.5 Å². The van der Waals surface area contributed by atoms with E-state index >= 15 is 0 Å². The van der Waals surface area contributed by atoms with Crippen molar-refractivity contribution in [3.63, 3.8) is 0 Å². The van der Waals surface area contributed by atoms with Crippen LogP contribution in [0, 0.1) is 16.7 Å². The molecule has 0 amide bonds. The minimum Gasteiger partial charge on any atom is -0.383 e. The molecule has 0 spiro atoms. The van der Waals surface area contributed by atoms with Gasteiger partial charge in [0.2, 0.25) is 0 Å². The van der Waals surface area contributed by atoms with Crippen LogP contribution < -0.4 is 5.32 Å². The van der Waals surface area contributed by atoms with E-state index in [-0.39, 0.29) is 11.2 Å². The average Bonchev–Trinajstić information content (AvgIpc) is 2.29.